The molecular formula is C14H20N2O2S. The fourth-order valence-corrected chi connectivity index (χ4v) is 1.90. The minimum Gasteiger partial charge on any atom is -0.378 e. The van der Waals surface area contributed by atoms with Crippen LogP contribution in [0.5, 0.6) is 0 Å². The van der Waals surface area contributed by atoms with E-state index in [1.54, 1.807) is 13.8 Å². The van der Waals surface area contributed by atoms with Crippen molar-refractivity contribution in [2.75, 3.05) is 25.5 Å². The summed E-state index contributed by atoms with van der Waals surface area (Å²) < 4.78 is 25.4. The smallest absolute Gasteiger partial charge is 0.214 e. The van der Waals surface area contributed by atoms with Crippen molar-refractivity contribution in [2.45, 2.75) is 19.1 Å². The molecule has 0 radical (unpaired) electrons. The molecule has 0 saturated carbocycles. The number of nitrogens with one attached hydrogen (secondary N) is 1. The van der Waals surface area contributed by atoms with E-state index < -0.39 is 15.3 Å². The van der Waals surface area contributed by atoms with E-state index >= 15 is 0 Å². The van der Waals surface area contributed by atoms with Crippen LogP contribution in [-0.2, 0) is 10.0 Å². The second-order valence-electron chi connectivity index (χ2n) is 4.66. The third-order valence-electron chi connectivity index (χ3n) is 2.60. The third kappa shape index (κ3) is 4.93. The van der Waals surface area contributed by atoms with E-state index in [9.17, 15) is 8.42 Å². The van der Waals surface area contributed by atoms with Gasteiger partial charge in [-0.2, -0.15) is 0 Å². The fraction of sp³-hybridized carbons (Fsp3) is 0.429. The van der Waals surface area contributed by atoms with Crippen LogP contribution in [0.15, 0.2) is 24.3 Å². The van der Waals surface area contributed by atoms with E-state index in [4.69, 9.17) is 0 Å². The van der Waals surface area contributed by atoms with Crippen LogP contribution in [0, 0.1) is 11.8 Å². The highest BCUT2D eigenvalue weighted by Gasteiger charge is 2.13. The molecule has 0 fully saturated rings. The van der Waals surface area contributed by atoms with Crippen molar-refractivity contribution in [3.63, 3.8) is 0 Å². The van der Waals surface area contributed by atoms with Crippen molar-refractivity contribution in [2.24, 2.45) is 0 Å². The van der Waals surface area contributed by atoms with E-state index in [1.165, 1.54) is 0 Å². The molecule has 0 atom stereocenters. The summed E-state index contributed by atoms with van der Waals surface area (Å²) in [5, 5.41) is -0.436. The molecule has 0 saturated heterocycles. The lowest BCUT2D eigenvalue weighted by Crippen LogP contribution is -2.30. The van der Waals surface area contributed by atoms with E-state index in [2.05, 4.69) is 16.6 Å². The van der Waals surface area contributed by atoms with E-state index in [1.807, 2.05) is 43.3 Å². The van der Waals surface area contributed by atoms with Gasteiger partial charge in [0.15, 0.2) is 0 Å². The predicted octanol–water partition coefficient (Wildman–Crippen LogP) is 1.43. The van der Waals surface area contributed by atoms with Gasteiger partial charge in [0.25, 0.3) is 0 Å². The Morgan fingerprint density at radius 1 is 1.21 bits per heavy atom. The van der Waals surface area contributed by atoms with Crippen LogP contribution in [0.2, 0.25) is 0 Å². The first-order valence-electron chi connectivity index (χ1n) is 6.07. The summed E-state index contributed by atoms with van der Waals surface area (Å²) in [6, 6.07) is 7.78. The van der Waals surface area contributed by atoms with Gasteiger partial charge in [0.2, 0.25) is 10.0 Å². The van der Waals surface area contributed by atoms with Gasteiger partial charge in [-0.1, -0.05) is 11.8 Å². The predicted molar refractivity (Wildman–Crippen MR) is 79.7 cm³/mol. The number of benzene rings is 1. The van der Waals surface area contributed by atoms with Crippen LogP contribution in [-0.4, -0.2) is 34.3 Å². The molecule has 0 unspecified atom stereocenters. The monoisotopic (exact) mass is 280 g/mol. The average Bonchev–Trinajstić information content (AvgIpc) is 2.35. The molecule has 1 N–H and O–H groups in total. The molecule has 0 heterocycles. The van der Waals surface area contributed by atoms with Gasteiger partial charge >= 0.3 is 0 Å². The van der Waals surface area contributed by atoms with Gasteiger partial charge in [-0.05, 0) is 38.1 Å². The minimum atomic E-state index is -3.23. The number of hydrogen-bond acceptors (Lipinski definition) is 3. The largest absolute Gasteiger partial charge is 0.378 e. The number of nitrogens with zero attached hydrogens (tertiary/aromatic N) is 1. The van der Waals surface area contributed by atoms with Crippen molar-refractivity contribution in [3.8, 4) is 11.8 Å². The zero-order valence-electron chi connectivity index (χ0n) is 11.8. The molecule has 19 heavy (non-hydrogen) atoms. The van der Waals surface area contributed by atoms with Crippen LogP contribution < -0.4 is 9.62 Å². The summed E-state index contributed by atoms with van der Waals surface area (Å²) in [6.45, 7) is 3.40. The molecule has 4 nitrogen and oxygen atoms in total. The number of hydrogen-bond donors (Lipinski definition) is 1. The van der Waals surface area contributed by atoms with E-state index in [0.717, 1.165) is 11.3 Å². The quantitative estimate of drug-likeness (QED) is 0.849. The van der Waals surface area contributed by atoms with Crippen molar-refractivity contribution >= 4 is 15.7 Å². The van der Waals surface area contributed by atoms with Crippen LogP contribution in [0.1, 0.15) is 19.4 Å². The van der Waals surface area contributed by atoms with Gasteiger partial charge in [-0.25, -0.2) is 13.1 Å². The van der Waals surface area contributed by atoms with E-state index in [0.29, 0.717) is 0 Å². The van der Waals surface area contributed by atoms with Gasteiger partial charge in [0, 0.05) is 25.3 Å². The molecule has 0 aliphatic rings. The maximum Gasteiger partial charge on any atom is 0.214 e. The summed E-state index contributed by atoms with van der Waals surface area (Å²) in [5.41, 5.74) is 1.97. The molecule has 0 spiro atoms. The van der Waals surface area contributed by atoms with Crippen molar-refractivity contribution < 1.29 is 8.42 Å². The van der Waals surface area contributed by atoms with Crippen LogP contribution >= 0.6 is 0 Å². The Morgan fingerprint density at radius 2 is 1.79 bits per heavy atom. The molecule has 0 aromatic heterocycles. The molecule has 104 valence electrons. The molecule has 0 aliphatic heterocycles. The molecular weight excluding hydrogens is 260 g/mol. The second-order valence-corrected chi connectivity index (χ2v) is 6.98. The van der Waals surface area contributed by atoms with E-state index in [-0.39, 0.29) is 6.54 Å². The third-order valence-corrected chi connectivity index (χ3v) is 4.39. The summed E-state index contributed by atoms with van der Waals surface area (Å²) in [6.07, 6.45) is 0. The van der Waals surface area contributed by atoms with Crippen LogP contribution in [0.25, 0.3) is 0 Å². The molecule has 1 aromatic carbocycles. The normalized spacial score (nSPS) is 11.0. The highest BCUT2D eigenvalue weighted by Crippen LogP contribution is 2.11. The Morgan fingerprint density at radius 3 is 2.26 bits per heavy atom. The first-order valence-corrected chi connectivity index (χ1v) is 7.62. The number of anilines is 1. The maximum atomic E-state index is 11.5. The first-order chi connectivity index (χ1) is 8.83. The Kier molecular flexibility index (Phi) is 5.40. The van der Waals surface area contributed by atoms with Gasteiger partial charge in [0.05, 0.1) is 11.8 Å². The van der Waals surface area contributed by atoms with Gasteiger partial charge in [-0.15, -0.1) is 0 Å². The standard InChI is InChI=1S/C14H20N2O2S/c1-12(2)19(17,18)15-11-5-6-13-7-9-14(10-8-13)16(3)4/h7-10,12,15H,11H2,1-4H3. The zero-order valence-corrected chi connectivity index (χ0v) is 12.6. The minimum absolute atomic E-state index is 0.135. The van der Waals surface area contributed by atoms with Crippen molar-refractivity contribution in [1.29, 1.82) is 0 Å². The topological polar surface area (TPSA) is 49.4 Å². The average molecular weight is 280 g/mol. The zero-order chi connectivity index (χ0) is 14.5. The van der Waals surface area contributed by atoms with Crippen molar-refractivity contribution in [3.05, 3.63) is 29.8 Å². The highest BCUT2D eigenvalue weighted by atomic mass is 32.2. The van der Waals surface area contributed by atoms with Gasteiger partial charge in [0.1, 0.15) is 0 Å². The molecule has 5 heteroatoms. The Bertz CT molecular complexity index is 564. The summed E-state index contributed by atoms with van der Waals surface area (Å²) in [7, 11) is 0.717. The van der Waals surface area contributed by atoms with Crippen LogP contribution in [0.3, 0.4) is 0 Å². The number of rotatable bonds is 4. The molecule has 1 aromatic rings. The Labute approximate surface area is 115 Å². The van der Waals surface area contributed by atoms with Gasteiger partial charge < -0.3 is 4.90 Å². The lowest BCUT2D eigenvalue weighted by atomic mass is 10.2. The molecule has 1 rings (SSSR count). The lowest BCUT2D eigenvalue weighted by Gasteiger charge is -2.11. The Balaban J connectivity index is 2.60. The first kappa shape index (κ1) is 15.5. The summed E-state index contributed by atoms with van der Waals surface area (Å²) in [4.78, 5) is 2.01. The van der Waals surface area contributed by atoms with Crippen molar-refractivity contribution in [1.82, 2.24) is 4.72 Å². The molecule has 0 aliphatic carbocycles. The molecule has 0 amide bonds. The highest BCUT2D eigenvalue weighted by molar-refractivity contribution is 7.90. The second kappa shape index (κ2) is 6.60. The Hall–Kier alpha value is -1.51. The summed E-state index contributed by atoms with van der Waals surface area (Å²) in [5.74, 6) is 5.73. The lowest BCUT2D eigenvalue weighted by molar-refractivity contribution is 0.577. The summed E-state index contributed by atoms with van der Waals surface area (Å²) >= 11 is 0. The number of sulfonamides is 1. The molecule has 0 bridgehead atoms. The fourth-order valence-electron chi connectivity index (χ4n) is 1.29. The SMILES string of the molecule is CC(C)S(=O)(=O)NCC#Cc1ccc(N(C)C)cc1. The van der Waals surface area contributed by atoms with Crippen LogP contribution in [0.4, 0.5) is 5.69 Å². The maximum absolute atomic E-state index is 11.5. The van der Waals surface area contributed by atoms with Gasteiger partial charge in [-0.3, -0.25) is 0 Å².